The maximum absolute atomic E-state index is 13.5. The molecule has 2 atom stereocenters. The van der Waals surface area contributed by atoms with Gasteiger partial charge in [0.15, 0.2) is 0 Å². The number of carbonyl (C=O) groups excluding carboxylic acids is 2. The van der Waals surface area contributed by atoms with Crippen molar-refractivity contribution in [2.45, 2.75) is 45.7 Å². The number of hydrogen-bond acceptors (Lipinski definition) is 3. The van der Waals surface area contributed by atoms with Crippen molar-refractivity contribution in [3.05, 3.63) is 57.3 Å². The summed E-state index contributed by atoms with van der Waals surface area (Å²) in [7, 11) is 3.46. The average molecular weight is 414 g/mol. The fourth-order valence-corrected chi connectivity index (χ4v) is 4.72. The Morgan fingerprint density at radius 3 is 2.52 bits per heavy atom. The molecule has 5 nitrogen and oxygen atoms in total. The lowest BCUT2D eigenvalue weighted by Gasteiger charge is -2.39. The van der Waals surface area contributed by atoms with Crippen LogP contribution in [0.1, 0.15) is 47.9 Å². The molecule has 2 heterocycles. The summed E-state index contributed by atoms with van der Waals surface area (Å²) in [5.74, 6) is 0.00271. The van der Waals surface area contributed by atoms with E-state index in [0.717, 1.165) is 18.4 Å². The number of carbonyl (C=O) groups is 2. The standard InChI is InChI=1S/C23H31N3O2S/c1-6-17(3)26(23(28)24(4)5)15-21(27)25-13-11-20-19(12-14-29-20)22(25)18-9-7-16(2)8-10-18/h7-10,12,14,17,22H,6,11,13,15H2,1-5H3. The molecule has 0 bridgehead atoms. The van der Waals surface area contributed by atoms with Crippen LogP contribution in [0.4, 0.5) is 4.79 Å². The molecule has 156 valence electrons. The minimum absolute atomic E-state index is 0.00271. The fraction of sp³-hybridized carbons (Fsp3) is 0.478. The van der Waals surface area contributed by atoms with Crippen LogP contribution >= 0.6 is 11.3 Å². The van der Waals surface area contributed by atoms with Gasteiger partial charge in [0.1, 0.15) is 6.54 Å². The van der Waals surface area contributed by atoms with Crippen molar-refractivity contribution in [3.8, 4) is 0 Å². The van der Waals surface area contributed by atoms with E-state index in [-0.39, 0.29) is 30.6 Å². The number of benzene rings is 1. The van der Waals surface area contributed by atoms with Gasteiger partial charge in [-0.1, -0.05) is 36.8 Å². The third-order valence-electron chi connectivity index (χ3n) is 5.74. The van der Waals surface area contributed by atoms with Crippen molar-refractivity contribution in [2.24, 2.45) is 0 Å². The van der Waals surface area contributed by atoms with Crippen LogP contribution in [-0.2, 0) is 11.2 Å². The van der Waals surface area contributed by atoms with E-state index < -0.39 is 0 Å². The van der Waals surface area contributed by atoms with Crippen LogP contribution in [0, 0.1) is 6.92 Å². The van der Waals surface area contributed by atoms with Gasteiger partial charge in [-0.3, -0.25) is 4.79 Å². The van der Waals surface area contributed by atoms with Crippen molar-refractivity contribution in [3.63, 3.8) is 0 Å². The molecule has 0 radical (unpaired) electrons. The highest BCUT2D eigenvalue weighted by Gasteiger charge is 2.34. The molecule has 2 aromatic rings. The van der Waals surface area contributed by atoms with Gasteiger partial charge in [-0.05, 0) is 49.3 Å². The lowest BCUT2D eigenvalue weighted by molar-refractivity contribution is -0.134. The van der Waals surface area contributed by atoms with Gasteiger partial charge in [0.25, 0.3) is 0 Å². The molecule has 1 aliphatic heterocycles. The van der Waals surface area contributed by atoms with E-state index in [4.69, 9.17) is 0 Å². The van der Waals surface area contributed by atoms with E-state index in [2.05, 4.69) is 42.6 Å². The zero-order chi connectivity index (χ0) is 21.1. The Balaban J connectivity index is 1.91. The highest BCUT2D eigenvalue weighted by Crippen LogP contribution is 2.38. The number of thiophene rings is 1. The number of rotatable bonds is 5. The molecule has 6 heteroatoms. The largest absolute Gasteiger partial charge is 0.331 e. The number of nitrogens with zero attached hydrogens (tertiary/aromatic N) is 3. The van der Waals surface area contributed by atoms with Gasteiger partial charge in [-0.15, -0.1) is 11.3 Å². The Morgan fingerprint density at radius 2 is 1.90 bits per heavy atom. The van der Waals surface area contributed by atoms with E-state index in [1.165, 1.54) is 16.0 Å². The van der Waals surface area contributed by atoms with Crippen molar-refractivity contribution in [1.82, 2.24) is 14.7 Å². The summed E-state index contributed by atoms with van der Waals surface area (Å²) in [6.45, 7) is 6.89. The molecule has 0 fully saturated rings. The lowest BCUT2D eigenvalue weighted by atomic mass is 9.92. The number of amides is 3. The number of urea groups is 1. The Labute approximate surface area is 177 Å². The zero-order valence-electron chi connectivity index (χ0n) is 18.0. The summed E-state index contributed by atoms with van der Waals surface area (Å²) < 4.78 is 0. The van der Waals surface area contributed by atoms with Crippen molar-refractivity contribution in [1.29, 1.82) is 0 Å². The van der Waals surface area contributed by atoms with Crippen LogP contribution < -0.4 is 0 Å². The van der Waals surface area contributed by atoms with Gasteiger partial charge < -0.3 is 14.7 Å². The van der Waals surface area contributed by atoms with Crippen LogP contribution in [0.5, 0.6) is 0 Å². The summed E-state index contributed by atoms with van der Waals surface area (Å²) in [5, 5.41) is 2.11. The monoisotopic (exact) mass is 413 g/mol. The van der Waals surface area contributed by atoms with Gasteiger partial charge in [-0.2, -0.15) is 0 Å². The molecule has 3 amide bonds. The average Bonchev–Trinajstić information content (AvgIpc) is 3.19. The molecule has 2 unspecified atom stereocenters. The Morgan fingerprint density at radius 1 is 1.21 bits per heavy atom. The van der Waals surface area contributed by atoms with E-state index >= 15 is 0 Å². The molecule has 0 saturated heterocycles. The molecule has 0 aliphatic carbocycles. The van der Waals surface area contributed by atoms with Gasteiger partial charge in [0, 0.05) is 31.6 Å². The second kappa shape index (κ2) is 8.99. The highest BCUT2D eigenvalue weighted by molar-refractivity contribution is 7.10. The first kappa shape index (κ1) is 21.4. The molecule has 3 rings (SSSR count). The van der Waals surface area contributed by atoms with Crippen LogP contribution in [-0.4, -0.2) is 59.9 Å². The topological polar surface area (TPSA) is 43.9 Å². The van der Waals surface area contributed by atoms with Crippen molar-refractivity contribution in [2.75, 3.05) is 27.2 Å². The third-order valence-corrected chi connectivity index (χ3v) is 6.73. The summed E-state index contributed by atoms with van der Waals surface area (Å²) >= 11 is 1.76. The Hall–Kier alpha value is -2.34. The molecule has 0 saturated carbocycles. The van der Waals surface area contributed by atoms with E-state index in [1.807, 2.05) is 18.7 Å². The molecule has 0 N–H and O–H groups in total. The van der Waals surface area contributed by atoms with E-state index in [1.54, 1.807) is 35.2 Å². The summed E-state index contributed by atoms with van der Waals surface area (Å²) in [5.41, 5.74) is 3.54. The second-order valence-electron chi connectivity index (χ2n) is 8.01. The minimum atomic E-state index is -0.118. The summed E-state index contributed by atoms with van der Waals surface area (Å²) in [6.07, 6.45) is 1.68. The van der Waals surface area contributed by atoms with Gasteiger partial charge in [0.05, 0.1) is 6.04 Å². The fourth-order valence-electron chi connectivity index (χ4n) is 3.82. The summed E-state index contributed by atoms with van der Waals surface area (Å²) in [4.78, 5) is 32.7. The van der Waals surface area contributed by atoms with Crippen LogP contribution in [0.15, 0.2) is 35.7 Å². The zero-order valence-corrected chi connectivity index (χ0v) is 18.8. The van der Waals surface area contributed by atoms with Gasteiger partial charge in [0.2, 0.25) is 5.91 Å². The predicted octanol–water partition coefficient (Wildman–Crippen LogP) is 4.31. The van der Waals surface area contributed by atoms with Gasteiger partial charge >= 0.3 is 6.03 Å². The minimum Gasteiger partial charge on any atom is -0.331 e. The molecule has 1 aromatic carbocycles. The highest BCUT2D eigenvalue weighted by atomic mass is 32.1. The first-order valence-corrected chi connectivity index (χ1v) is 11.1. The lowest BCUT2D eigenvalue weighted by Crippen LogP contribution is -2.51. The molecular weight excluding hydrogens is 382 g/mol. The summed E-state index contributed by atoms with van der Waals surface area (Å²) in [6, 6.07) is 10.4. The van der Waals surface area contributed by atoms with Gasteiger partial charge in [-0.25, -0.2) is 4.79 Å². The first-order chi connectivity index (χ1) is 13.8. The first-order valence-electron chi connectivity index (χ1n) is 10.2. The molecule has 1 aliphatic rings. The van der Waals surface area contributed by atoms with E-state index in [9.17, 15) is 9.59 Å². The molecule has 29 heavy (non-hydrogen) atoms. The van der Waals surface area contributed by atoms with Crippen LogP contribution in [0.3, 0.4) is 0 Å². The molecule has 0 spiro atoms. The van der Waals surface area contributed by atoms with E-state index in [0.29, 0.717) is 6.54 Å². The van der Waals surface area contributed by atoms with Crippen molar-refractivity contribution < 1.29 is 9.59 Å². The maximum atomic E-state index is 13.5. The number of hydrogen-bond donors (Lipinski definition) is 0. The quantitative estimate of drug-likeness (QED) is 0.733. The SMILES string of the molecule is CCC(C)N(CC(=O)N1CCc2sccc2C1c1ccc(C)cc1)C(=O)N(C)C. The number of aryl methyl sites for hydroxylation is 1. The molecule has 1 aromatic heterocycles. The van der Waals surface area contributed by atoms with Crippen LogP contribution in [0.25, 0.3) is 0 Å². The normalized spacial score (nSPS) is 16.9. The molecular formula is C23H31N3O2S. The maximum Gasteiger partial charge on any atom is 0.320 e. The van der Waals surface area contributed by atoms with Crippen LogP contribution in [0.2, 0.25) is 0 Å². The smallest absolute Gasteiger partial charge is 0.320 e. The second-order valence-corrected chi connectivity index (χ2v) is 9.01. The predicted molar refractivity (Wildman–Crippen MR) is 118 cm³/mol. The third kappa shape index (κ3) is 4.47. The van der Waals surface area contributed by atoms with Crippen molar-refractivity contribution >= 4 is 23.3 Å². The number of fused-ring (bicyclic) bond motifs is 1. The Bertz CT molecular complexity index is 859. The Kier molecular flexibility index (Phi) is 6.63.